The number of nitrogens with zero attached hydrogens (tertiary/aromatic N) is 2. The molecule has 0 aromatic heterocycles. The van der Waals surface area contributed by atoms with Crippen LogP contribution >= 0.6 is 0 Å². The highest BCUT2D eigenvalue weighted by atomic mass is 16.5. The normalized spacial score (nSPS) is 16.5. The van der Waals surface area contributed by atoms with Gasteiger partial charge in [-0.15, -0.1) is 0 Å². The molecule has 1 unspecified atom stereocenters. The van der Waals surface area contributed by atoms with E-state index < -0.39 is 0 Å². The number of hydrogen-bond donors (Lipinski definition) is 2. The number of aliphatic imine (C=N–C) groups is 1. The van der Waals surface area contributed by atoms with Crippen LogP contribution in [0.5, 0.6) is 5.75 Å². The molecule has 0 saturated carbocycles. The predicted octanol–water partition coefficient (Wildman–Crippen LogP) is 3.48. The first kappa shape index (κ1) is 23.1. The Bertz CT molecular complexity index is 862. The maximum atomic E-state index is 6.21. The van der Waals surface area contributed by atoms with Gasteiger partial charge in [-0.3, -0.25) is 4.99 Å². The fourth-order valence-electron chi connectivity index (χ4n) is 3.55. The van der Waals surface area contributed by atoms with E-state index in [2.05, 4.69) is 83.9 Å². The van der Waals surface area contributed by atoms with Crippen LogP contribution in [0.4, 0.5) is 0 Å². The SMILES string of the molecule is CCN(C)Cc1cccc(CNC(=NC)NCc2ccc(C)cc2OC2CCOC2)c1. The molecule has 0 radical (unpaired) electrons. The summed E-state index contributed by atoms with van der Waals surface area (Å²) in [6, 6.07) is 15.0. The fraction of sp³-hybridized carbons (Fsp3) is 0.480. The molecule has 1 aliphatic heterocycles. The van der Waals surface area contributed by atoms with E-state index in [1.807, 2.05) is 0 Å². The van der Waals surface area contributed by atoms with Crippen LogP contribution in [0.1, 0.15) is 35.6 Å². The highest BCUT2D eigenvalue weighted by Crippen LogP contribution is 2.23. The molecule has 6 heteroatoms. The number of aryl methyl sites for hydroxylation is 1. The number of guanidine groups is 1. The molecule has 0 aliphatic carbocycles. The van der Waals surface area contributed by atoms with E-state index in [-0.39, 0.29) is 6.10 Å². The number of hydrogen-bond acceptors (Lipinski definition) is 4. The Morgan fingerprint density at radius 3 is 2.71 bits per heavy atom. The van der Waals surface area contributed by atoms with Gasteiger partial charge in [0.15, 0.2) is 5.96 Å². The summed E-state index contributed by atoms with van der Waals surface area (Å²) in [6.07, 6.45) is 1.08. The van der Waals surface area contributed by atoms with Crippen LogP contribution in [0, 0.1) is 6.92 Å². The average molecular weight is 425 g/mol. The van der Waals surface area contributed by atoms with E-state index in [9.17, 15) is 0 Å². The second kappa shape index (κ2) is 11.7. The quantitative estimate of drug-likeness (QED) is 0.477. The lowest BCUT2D eigenvalue weighted by Crippen LogP contribution is -2.36. The summed E-state index contributed by atoms with van der Waals surface area (Å²) >= 11 is 0. The summed E-state index contributed by atoms with van der Waals surface area (Å²) in [5, 5.41) is 6.84. The summed E-state index contributed by atoms with van der Waals surface area (Å²) in [4.78, 5) is 6.68. The molecule has 1 fully saturated rings. The van der Waals surface area contributed by atoms with E-state index in [4.69, 9.17) is 9.47 Å². The molecule has 2 aromatic carbocycles. The van der Waals surface area contributed by atoms with E-state index in [1.54, 1.807) is 7.05 Å². The van der Waals surface area contributed by atoms with Crippen LogP contribution in [0.3, 0.4) is 0 Å². The Hall–Kier alpha value is -2.57. The van der Waals surface area contributed by atoms with Gasteiger partial charge in [-0.2, -0.15) is 0 Å². The van der Waals surface area contributed by atoms with E-state index >= 15 is 0 Å². The smallest absolute Gasteiger partial charge is 0.191 e. The van der Waals surface area contributed by atoms with Crippen molar-refractivity contribution in [1.29, 1.82) is 0 Å². The van der Waals surface area contributed by atoms with Crippen molar-refractivity contribution in [2.75, 3.05) is 33.9 Å². The van der Waals surface area contributed by atoms with Gasteiger partial charge in [0.25, 0.3) is 0 Å². The monoisotopic (exact) mass is 424 g/mol. The van der Waals surface area contributed by atoms with Crippen molar-refractivity contribution in [3.63, 3.8) is 0 Å². The summed E-state index contributed by atoms with van der Waals surface area (Å²) in [7, 11) is 3.93. The van der Waals surface area contributed by atoms with Crippen LogP contribution < -0.4 is 15.4 Å². The van der Waals surface area contributed by atoms with Crippen LogP contribution in [0.15, 0.2) is 47.5 Å². The first-order valence-electron chi connectivity index (χ1n) is 11.1. The highest BCUT2D eigenvalue weighted by Gasteiger charge is 2.18. The number of benzene rings is 2. The molecule has 0 bridgehead atoms. The van der Waals surface area contributed by atoms with Gasteiger partial charge in [-0.05, 0) is 43.3 Å². The topological polar surface area (TPSA) is 58.1 Å². The number of nitrogens with one attached hydrogen (secondary N) is 2. The zero-order chi connectivity index (χ0) is 22.1. The van der Waals surface area contributed by atoms with Crippen molar-refractivity contribution in [3.05, 3.63) is 64.7 Å². The number of rotatable bonds is 9. The highest BCUT2D eigenvalue weighted by molar-refractivity contribution is 5.79. The molecule has 1 heterocycles. The Kier molecular flexibility index (Phi) is 8.74. The number of ether oxygens (including phenoxy) is 2. The van der Waals surface area contributed by atoms with Gasteiger partial charge < -0.3 is 25.0 Å². The van der Waals surface area contributed by atoms with Crippen molar-refractivity contribution in [3.8, 4) is 5.75 Å². The Labute approximate surface area is 186 Å². The van der Waals surface area contributed by atoms with Crippen molar-refractivity contribution in [1.82, 2.24) is 15.5 Å². The van der Waals surface area contributed by atoms with Crippen molar-refractivity contribution in [2.24, 2.45) is 4.99 Å². The predicted molar refractivity (Wildman–Crippen MR) is 127 cm³/mol. The maximum absolute atomic E-state index is 6.21. The maximum Gasteiger partial charge on any atom is 0.191 e. The molecule has 0 amide bonds. The molecular formula is C25H36N4O2. The molecule has 3 rings (SSSR count). The van der Waals surface area contributed by atoms with E-state index in [0.717, 1.165) is 49.9 Å². The lowest BCUT2D eigenvalue weighted by molar-refractivity contribution is 0.140. The van der Waals surface area contributed by atoms with Crippen LogP contribution in [-0.2, 0) is 24.4 Å². The third-order valence-corrected chi connectivity index (χ3v) is 5.52. The van der Waals surface area contributed by atoms with Crippen LogP contribution in [-0.4, -0.2) is 50.8 Å². The van der Waals surface area contributed by atoms with Gasteiger partial charge in [0.05, 0.1) is 13.2 Å². The zero-order valence-electron chi connectivity index (χ0n) is 19.3. The first-order valence-corrected chi connectivity index (χ1v) is 11.1. The lowest BCUT2D eigenvalue weighted by atomic mass is 10.1. The molecule has 1 saturated heterocycles. The second-order valence-corrected chi connectivity index (χ2v) is 8.14. The average Bonchev–Trinajstić information content (AvgIpc) is 3.28. The van der Waals surface area contributed by atoms with Gasteiger partial charge in [0.2, 0.25) is 0 Å². The first-order chi connectivity index (χ1) is 15.1. The molecule has 2 N–H and O–H groups in total. The summed E-state index contributed by atoms with van der Waals surface area (Å²) in [6.45, 7) is 9.06. The van der Waals surface area contributed by atoms with Crippen molar-refractivity contribution in [2.45, 2.75) is 46.0 Å². The minimum absolute atomic E-state index is 0.136. The molecule has 6 nitrogen and oxygen atoms in total. The van der Waals surface area contributed by atoms with Crippen LogP contribution in [0.25, 0.3) is 0 Å². The molecule has 31 heavy (non-hydrogen) atoms. The van der Waals surface area contributed by atoms with E-state index in [1.165, 1.54) is 16.7 Å². The molecule has 1 aliphatic rings. The summed E-state index contributed by atoms with van der Waals surface area (Å²) in [5.74, 6) is 1.69. The summed E-state index contributed by atoms with van der Waals surface area (Å²) < 4.78 is 11.7. The standard InChI is InChI=1S/C25H36N4O2/c1-5-29(4)17-21-8-6-7-20(14-21)15-27-25(26-3)28-16-22-10-9-19(2)13-24(22)31-23-11-12-30-18-23/h6-10,13-14,23H,5,11-12,15-18H2,1-4H3,(H2,26,27,28). The minimum Gasteiger partial charge on any atom is -0.488 e. The van der Waals surface area contributed by atoms with Gasteiger partial charge in [0.1, 0.15) is 11.9 Å². The van der Waals surface area contributed by atoms with E-state index in [0.29, 0.717) is 13.2 Å². The molecule has 1 atom stereocenters. The minimum atomic E-state index is 0.136. The van der Waals surface area contributed by atoms with Gasteiger partial charge in [0, 0.05) is 38.7 Å². The fourth-order valence-corrected chi connectivity index (χ4v) is 3.55. The third-order valence-electron chi connectivity index (χ3n) is 5.52. The second-order valence-electron chi connectivity index (χ2n) is 8.14. The van der Waals surface area contributed by atoms with Crippen LogP contribution in [0.2, 0.25) is 0 Å². The lowest BCUT2D eigenvalue weighted by Gasteiger charge is -2.18. The summed E-state index contributed by atoms with van der Waals surface area (Å²) in [5.41, 5.74) is 4.87. The molecule has 168 valence electrons. The molecular weight excluding hydrogens is 388 g/mol. The Morgan fingerprint density at radius 2 is 1.97 bits per heavy atom. The molecule has 2 aromatic rings. The van der Waals surface area contributed by atoms with Crippen molar-refractivity contribution >= 4 is 5.96 Å². The molecule has 0 spiro atoms. The van der Waals surface area contributed by atoms with Gasteiger partial charge >= 0.3 is 0 Å². The van der Waals surface area contributed by atoms with Gasteiger partial charge in [-0.1, -0.05) is 43.3 Å². The Balaban J connectivity index is 1.56. The van der Waals surface area contributed by atoms with Crippen molar-refractivity contribution < 1.29 is 9.47 Å². The van der Waals surface area contributed by atoms with Gasteiger partial charge in [-0.25, -0.2) is 0 Å². The third kappa shape index (κ3) is 7.26. The zero-order valence-corrected chi connectivity index (χ0v) is 19.3. The Morgan fingerprint density at radius 1 is 1.16 bits per heavy atom. The largest absolute Gasteiger partial charge is 0.488 e.